The van der Waals surface area contributed by atoms with E-state index in [4.69, 9.17) is 14.2 Å². The molecular weight excluding hydrogens is 391 g/mol. The van der Waals surface area contributed by atoms with Gasteiger partial charge in [0.15, 0.2) is 0 Å². The third kappa shape index (κ3) is 6.41. The summed E-state index contributed by atoms with van der Waals surface area (Å²) in [4.78, 5) is 35.0. The monoisotopic (exact) mass is 412 g/mol. The predicted octanol–water partition coefficient (Wildman–Crippen LogP) is 4.28. The number of carbonyl (C=O) groups is 3. The van der Waals surface area contributed by atoms with Crippen LogP contribution in [0.3, 0.4) is 0 Å². The Balaban J connectivity index is 1.96. The third-order valence-electron chi connectivity index (χ3n) is 3.85. The molecule has 0 aliphatic rings. The second kappa shape index (κ2) is 10.2. The van der Waals surface area contributed by atoms with Gasteiger partial charge in [0.1, 0.15) is 24.8 Å². The van der Waals surface area contributed by atoms with Gasteiger partial charge in [0.05, 0.1) is 5.56 Å². The molecule has 0 radical (unpaired) electrons. The van der Waals surface area contributed by atoms with E-state index in [0.717, 1.165) is 6.07 Å². The molecule has 0 aliphatic heterocycles. The summed E-state index contributed by atoms with van der Waals surface area (Å²) in [5.41, 5.74) is 1.32. The fourth-order valence-electron chi connectivity index (χ4n) is 2.15. The number of ether oxygens (including phenoxy) is 3. The minimum absolute atomic E-state index is 0.00180. The zero-order valence-electron chi connectivity index (χ0n) is 16.7. The highest BCUT2D eigenvalue weighted by atomic mass is 19.1. The van der Waals surface area contributed by atoms with E-state index in [1.807, 2.05) is 0 Å². The average Bonchev–Trinajstić information content (AvgIpc) is 2.71. The van der Waals surface area contributed by atoms with Crippen molar-refractivity contribution < 1.29 is 33.0 Å². The van der Waals surface area contributed by atoms with Crippen LogP contribution < -0.4 is 4.74 Å². The maximum atomic E-state index is 14.2. The summed E-state index contributed by atoms with van der Waals surface area (Å²) in [5.74, 6) is -2.33. The molecule has 6 nitrogen and oxygen atoms in total. The molecule has 0 heterocycles. The summed E-state index contributed by atoms with van der Waals surface area (Å²) >= 11 is 0. The van der Waals surface area contributed by atoms with Crippen molar-refractivity contribution in [2.24, 2.45) is 0 Å². The van der Waals surface area contributed by atoms with Crippen molar-refractivity contribution in [3.05, 3.63) is 89.3 Å². The second-order valence-corrected chi connectivity index (χ2v) is 6.55. The van der Waals surface area contributed by atoms with Crippen molar-refractivity contribution in [3.63, 3.8) is 0 Å². The van der Waals surface area contributed by atoms with E-state index in [9.17, 15) is 18.8 Å². The minimum Gasteiger partial charge on any atom is -0.457 e. The van der Waals surface area contributed by atoms with E-state index >= 15 is 0 Å². The lowest BCUT2D eigenvalue weighted by atomic mass is 10.1. The quantitative estimate of drug-likeness (QED) is 0.366. The Kier molecular flexibility index (Phi) is 7.63. The fraction of sp³-hybridized carbons (Fsp3) is 0.174. The van der Waals surface area contributed by atoms with Gasteiger partial charge < -0.3 is 14.2 Å². The SMILES string of the molecule is C=C(C)C(=O)OCc1ccc(OC(=O)c2ccc(COC(=O)C(=C)C)c(F)c2)cc1. The number of hydrogen-bond donors (Lipinski definition) is 0. The number of benzene rings is 2. The Morgan fingerprint density at radius 3 is 1.97 bits per heavy atom. The summed E-state index contributed by atoms with van der Waals surface area (Å²) in [7, 11) is 0. The Morgan fingerprint density at radius 2 is 1.43 bits per heavy atom. The summed E-state index contributed by atoms with van der Waals surface area (Å²) in [6.45, 7) is 9.76. The zero-order chi connectivity index (χ0) is 22.3. The van der Waals surface area contributed by atoms with Crippen molar-refractivity contribution in [2.75, 3.05) is 0 Å². The lowest BCUT2D eigenvalue weighted by Gasteiger charge is -2.09. The molecule has 0 fully saturated rings. The average molecular weight is 412 g/mol. The van der Waals surface area contributed by atoms with E-state index < -0.39 is 23.7 Å². The minimum atomic E-state index is -0.749. The van der Waals surface area contributed by atoms with Gasteiger partial charge in [-0.1, -0.05) is 31.4 Å². The number of esters is 3. The van der Waals surface area contributed by atoms with Crippen LogP contribution in [0.1, 0.15) is 35.3 Å². The van der Waals surface area contributed by atoms with E-state index in [1.54, 1.807) is 19.1 Å². The van der Waals surface area contributed by atoms with Crippen LogP contribution in [0.15, 0.2) is 66.8 Å². The first-order valence-corrected chi connectivity index (χ1v) is 8.92. The molecule has 0 aromatic heterocycles. The highest BCUT2D eigenvalue weighted by Gasteiger charge is 2.14. The zero-order valence-corrected chi connectivity index (χ0v) is 16.7. The molecule has 0 unspecified atom stereocenters. The first-order chi connectivity index (χ1) is 14.2. The normalized spacial score (nSPS) is 10.1. The maximum absolute atomic E-state index is 14.2. The Labute approximate surface area is 173 Å². The third-order valence-corrected chi connectivity index (χ3v) is 3.85. The van der Waals surface area contributed by atoms with Gasteiger partial charge in [-0.05, 0) is 43.7 Å². The lowest BCUT2D eigenvalue weighted by molar-refractivity contribution is -0.141. The highest BCUT2D eigenvalue weighted by molar-refractivity contribution is 5.91. The molecule has 2 rings (SSSR count). The largest absolute Gasteiger partial charge is 0.457 e. The van der Waals surface area contributed by atoms with Crippen molar-refractivity contribution in [1.82, 2.24) is 0 Å². The molecule has 0 saturated carbocycles. The molecule has 0 saturated heterocycles. The number of halogens is 1. The predicted molar refractivity (Wildman–Crippen MR) is 107 cm³/mol. The molecule has 0 bridgehead atoms. The van der Waals surface area contributed by atoms with Crippen LogP contribution in [0.2, 0.25) is 0 Å². The standard InChI is InChI=1S/C23H21FO6/c1-14(2)21(25)28-12-16-5-9-19(10-6-16)30-23(27)17-7-8-18(20(24)11-17)13-29-22(26)15(3)4/h5-11H,1,3,12-13H2,2,4H3. The van der Waals surface area contributed by atoms with Crippen LogP contribution in [0.4, 0.5) is 4.39 Å². The van der Waals surface area contributed by atoms with Crippen LogP contribution >= 0.6 is 0 Å². The maximum Gasteiger partial charge on any atom is 0.343 e. The van der Waals surface area contributed by atoms with Crippen molar-refractivity contribution >= 4 is 17.9 Å². The van der Waals surface area contributed by atoms with Crippen molar-refractivity contribution in [2.45, 2.75) is 27.1 Å². The van der Waals surface area contributed by atoms with E-state index in [1.165, 1.54) is 31.2 Å². The van der Waals surface area contributed by atoms with Gasteiger partial charge >= 0.3 is 17.9 Å². The molecule has 0 spiro atoms. The van der Waals surface area contributed by atoms with Crippen molar-refractivity contribution in [1.29, 1.82) is 0 Å². The second-order valence-electron chi connectivity index (χ2n) is 6.55. The molecule has 7 heteroatoms. The molecule has 30 heavy (non-hydrogen) atoms. The van der Waals surface area contributed by atoms with Crippen LogP contribution in [0.5, 0.6) is 5.75 Å². The number of hydrogen-bond acceptors (Lipinski definition) is 6. The highest BCUT2D eigenvalue weighted by Crippen LogP contribution is 2.17. The van der Waals surface area contributed by atoms with Crippen LogP contribution in [0.25, 0.3) is 0 Å². The topological polar surface area (TPSA) is 78.9 Å². The summed E-state index contributed by atoms with van der Waals surface area (Å²) in [6, 6.07) is 10.1. The molecule has 0 atom stereocenters. The molecule has 0 N–H and O–H groups in total. The Hall–Kier alpha value is -3.74. The van der Waals surface area contributed by atoms with Crippen LogP contribution in [-0.4, -0.2) is 17.9 Å². The van der Waals surface area contributed by atoms with Gasteiger partial charge in [-0.2, -0.15) is 0 Å². The van der Waals surface area contributed by atoms with Gasteiger partial charge in [-0.25, -0.2) is 18.8 Å². The van der Waals surface area contributed by atoms with Gasteiger partial charge in [0, 0.05) is 16.7 Å². The molecule has 2 aromatic rings. The van der Waals surface area contributed by atoms with E-state index in [2.05, 4.69) is 13.2 Å². The summed E-state index contributed by atoms with van der Waals surface area (Å²) in [6.07, 6.45) is 0. The van der Waals surface area contributed by atoms with Crippen molar-refractivity contribution in [3.8, 4) is 5.75 Å². The van der Waals surface area contributed by atoms with Gasteiger partial charge in [0.25, 0.3) is 0 Å². The van der Waals surface area contributed by atoms with E-state index in [-0.39, 0.29) is 35.7 Å². The first kappa shape index (κ1) is 22.5. The number of rotatable bonds is 8. The van der Waals surface area contributed by atoms with E-state index in [0.29, 0.717) is 11.1 Å². The molecule has 0 amide bonds. The van der Waals surface area contributed by atoms with Gasteiger partial charge in [0.2, 0.25) is 0 Å². The molecule has 0 aliphatic carbocycles. The molecule has 156 valence electrons. The van der Waals surface area contributed by atoms with Gasteiger partial charge in [-0.15, -0.1) is 0 Å². The first-order valence-electron chi connectivity index (χ1n) is 8.92. The summed E-state index contributed by atoms with van der Waals surface area (Å²) in [5, 5.41) is 0. The lowest BCUT2D eigenvalue weighted by Crippen LogP contribution is -2.10. The smallest absolute Gasteiger partial charge is 0.343 e. The van der Waals surface area contributed by atoms with Crippen LogP contribution in [0, 0.1) is 5.82 Å². The molecular formula is C23H21FO6. The molecule has 2 aromatic carbocycles. The fourth-order valence-corrected chi connectivity index (χ4v) is 2.15. The Morgan fingerprint density at radius 1 is 0.867 bits per heavy atom. The number of carbonyl (C=O) groups excluding carboxylic acids is 3. The van der Waals surface area contributed by atoms with Gasteiger partial charge in [-0.3, -0.25) is 0 Å². The summed E-state index contributed by atoms with van der Waals surface area (Å²) < 4.78 is 29.3. The van der Waals surface area contributed by atoms with Crippen LogP contribution in [-0.2, 0) is 32.3 Å². The Bertz CT molecular complexity index is 991.